The van der Waals surface area contributed by atoms with Crippen LogP contribution in [0.4, 0.5) is 0 Å². The summed E-state index contributed by atoms with van der Waals surface area (Å²) in [6, 6.07) is 14.0. The van der Waals surface area contributed by atoms with Crippen LogP contribution in [0.1, 0.15) is 17.5 Å². The Kier molecular flexibility index (Phi) is 5.16. The summed E-state index contributed by atoms with van der Waals surface area (Å²) >= 11 is 0. The minimum atomic E-state index is -0.312. The zero-order valence-electron chi connectivity index (χ0n) is 14.8. The lowest BCUT2D eigenvalue weighted by atomic mass is 10.1. The first-order chi connectivity index (χ1) is 13.0. The lowest BCUT2D eigenvalue weighted by Gasteiger charge is -2.04. The number of methoxy groups -OCH3 is 1. The minimum absolute atomic E-state index is 0.0354. The molecule has 8 nitrogen and oxygen atoms in total. The van der Waals surface area contributed by atoms with Gasteiger partial charge >= 0.3 is 11.7 Å². The first kappa shape index (κ1) is 18.1. The normalized spacial score (nSPS) is 10.6. The highest BCUT2D eigenvalue weighted by atomic mass is 16.5. The summed E-state index contributed by atoms with van der Waals surface area (Å²) in [5.41, 5.74) is 7.94. The van der Waals surface area contributed by atoms with Crippen molar-refractivity contribution in [3.8, 4) is 11.4 Å². The van der Waals surface area contributed by atoms with Gasteiger partial charge in [0.2, 0.25) is 0 Å². The molecule has 0 radical (unpaired) electrons. The average Bonchev–Trinajstić information content (AvgIpc) is 3.08. The predicted octanol–water partition coefficient (Wildman–Crippen LogP) is 1.41. The number of hydrogen-bond donors (Lipinski definition) is 2. The molecule has 3 aromatic rings. The Morgan fingerprint density at radius 2 is 1.74 bits per heavy atom. The van der Waals surface area contributed by atoms with Crippen LogP contribution in [0.5, 0.6) is 0 Å². The molecule has 3 rings (SSSR count). The maximum atomic E-state index is 12.7. The molecule has 0 aliphatic heterocycles. The molecule has 0 fully saturated rings. The number of nitrogens with zero attached hydrogens (tertiary/aromatic N) is 3. The fourth-order valence-corrected chi connectivity index (χ4v) is 2.61. The molecular formula is C19H19N5O3. The SMILES string of the molecule is COC(=O)CCc1ccc(-n2cnn(-c3ccc(C(=N)N)cc3)c2=O)cc1. The molecule has 8 heteroatoms. The number of nitrogen functional groups attached to an aromatic ring is 1. The van der Waals surface area contributed by atoms with E-state index in [2.05, 4.69) is 9.84 Å². The van der Waals surface area contributed by atoms with E-state index in [1.165, 1.54) is 22.7 Å². The van der Waals surface area contributed by atoms with Crippen molar-refractivity contribution in [2.45, 2.75) is 12.8 Å². The molecule has 27 heavy (non-hydrogen) atoms. The third kappa shape index (κ3) is 3.95. The molecule has 0 saturated heterocycles. The number of aromatic nitrogens is 3. The number of amidine groups is 1. The lowest BCUT2D eigenvalue weighted by Crippen LogP contribution is -2.22. The Balaban J connectivity index is 1.81. The maximum Gasteiger partial charge on any atom is 0.355 e. The van der Waals surface area contributed by atoms with Gasteiger partial charge in [-0.05, 0) is 48.4 Å². The van der Waals surface area contributed by atoms with Crippen LogP contribution >= 0.6 is 0 Å². The Bertz CT molecular complexity index is 1020. The van der Waals surface area contributed by atoms with Crippen LogP contribution in [0.3, 0.4) is 0 Å². The van der Waals surface area contributed by atoms with Gasteiger partial charge in [0.15, 0.2) is 0 Å². The summed E-state index contributed by atoms with van der Waals surface area (Å²) in [5, 5.41) is 11.6. The van der Waals surface area contributed by atoms with E-state index in [9.17, 15) is 9.59 Å². The van der Waals surface area contributed by atoms with Gasteiger partial charge in [0.25, 0.3) is 0 Å². The van der Waals surface area contributed by atoms with Gasteiger partial charge < -0.3 is 10.5 Å². The third-order valence-electron chi connectivity index (χ3n) is 4.15. The molecule has 0 saturated carbocycles. The van der Waals surface area contributed by atoms with Crippen molar-refractivity contribution in [1.29, 1.82) is 5.41 Å². The van der Waals surface area contributed by atoms with E-state index >= 15 is 0 Å². The van der Waals surface area contributed by atoms with Crippen LogP contribution in [0.25, 0.3) is 11.4 Å². The number of aryl methyl sites for hydroxylation is 1. The summed E-state index contributed by atoms with van der Waals surface area (Å²) in [4.78, 5) is 23.9. The Labute approximate surface area is 155 Å². The van der Waals surface area contributed by atoms with Gasteiger partial charge in [-0.3, -0.25) is 10.2 Å². The average molecular weight is 365 g/mol. The van der Waals surface area contributed by atoms with Crippen molar-refractivity contribution >= 4 is 11.8 Å². The van der Waals surface area contributed by atoms with Gasteiger partial charge in [-0.2, -0.15) is 9.78 Å². The van der Waals surface area contributed by atoms with Gasteiger partial charge in [0.05, 0.1) is 18.5 Å². The first-order valence-corrected chi connectivity index (χ1v) is 8.27. The van der Waals surface area contributed by atoms with Crippen LogP contribution in [-0.2, 0) is 16.0 Å². The number of esters is 1. The summed E-state index contributed by atoms with van der Waals surface area (Å²) in [6.45, 7) is 0. The van der Waals surface area contributed by atoms with E-state index in [0.29, 0.717) is 29.8 Å². The number of carbonyl (C=O) groups is 1. The number of carbonyl (C=O) groups excluding carboxylic acids is 1. The molecule has 0 spiro atoms. The van der Waals surface area contributed by atoms with Crippen molar-refractivity contribution in [2.24, 2.45) is 5.73 Å². The third-order valence-corrected chi connectivity index (χ3v) is 4.15. The van der Waals surface area contributed by atoms with E-state index in [1.54, 1.807) is 36.4 Å². The molecule has 0 amide bonds. The summed E-state index contributed by atoms with van der Waals surface area (Å²) in [6.07, 6.45) is 2.33. The van der Waals surface area contributed by atoms with Crippen molar-refractivity contribution in [1.82, 2.24) is 14.3 Å². The molecule has 138 valence electrons. The van der Waals surface area contributed by atoms with Gasteiger partial charge in [0, 0.05) is 12.0 Å². The standard InChI is InChI=1S/C19H19N5O3/c1-27-17(25)11-4-13-2-7-15(8-3-13)23-12-22-24(19(23)26)16-9-5-14(6-10-16)18(20)21/h2-3,5-10,12H,4,11H2,1H3,(H3,20,21). The van der Waals surface area contributed by atoms with Crippen LogP contribution in [0, 0.1) is 5.41 Å². The fraction of sp³-hybridized carbons (Fsp3) is 0.158. The highest BCUT2D eigenvalue weighted by Gasteiger charge is 2.09. The van der Waals surface area contributed by atoms with E-state index in [0.717, 1.165) is 5.56 Å². The van der Waals surface area contributed by atoms with Gasteiger partial charge in [0.1, 0.15) is 12.2 Å². The molecule has 0 bridgehead atoms. The quantitative estimate of drug-likeness (QED) is 0.389. The van der Waals surface area contributed by atoms with Gasteiger partial charge in [-0.15, -0.1) is 0 Å². The number of nitrogens with one attached hydrogen (secondary N) is 1. The number of rotatable bonds is 6. The van der Waals surface area contributed by atoms with Crippen molar-refractivity contribution in [3.63, 3.8) is 0 Å². The van der Waals surface area contributed by atoms with Crippen molar-refractivity contribution in [2.75, 3.05) is 7.11 Å². The largest absolute Gasteiger partial charge is 0.469 e. The van der Waals surface area contributed by atoms with Crippen molar-refractivity contribution < 1.29 is 9.53 Å². The topological polar surface area (TPSA) is 116 Å². The van der Waals surface area contributed by atoms with E-state index in [4.69, 9.17) is 11.1 Å². The monoisotopic (exact) mass is 365 g/mol. The lowest BCUT2D eigenvalue weighted by molar-refractivity contribution is -0.140. The smallest absolute Gasteiger partial charge is 0.355 e. The zero-order valence-corrected chi connectivity index (χ0v) is 14.8. The number of hydrogen-bond acceptors (Lipinski definition) is 5. The summed E-state index contributed by atoms with van der Waals surface area (Å²) in [5.74, 6) is -0.293. The van der Waals surface area contributed by atoms with Gasteiger partial charge in [-0.25, -0.2) is 9.36 Å². The summed E-state index contributed by atoms with van der Waals surface area (Å²) in [7, 11) is 1.36. The van der Waals surface area contributed by atoms with Crippen LogP contribution in [0.2, 0.25) is 0 Å². The predicted molar refractivity (Wildman–Crippen MR) is 101 cm³/mol. The van der Waals surface area contributed by atoms with Crippen molar-refractivity contribution in [3.05, 3.63) is 76.5 Å². The van der Waals surface area contributed by atoms with E-state index < -0.39 is 0 Å². The highest BCUT2D eigenvalue weighted by molar-refractivity contribution is 5.95. The molecular weight excluding hydrogens is 346 g/mol. The van der Waals surface area contributed by atoms with Crippen LogP contribution in [0.15, 0.2) is 59.7 Å². The minimum Gasteiger partial charge on any atom is -0.469 e. The molecule has 1 heterocycles. The maximum absolute atomic E-state index is 12.7. The zero-order chi connectivity index (χ0) is 19.4. The van der Waals surface area contributed by atoms with E-state index in [-0.39, 0.29) is 17.5 Å². The number of nitrogens with two attached hydrogens (primary N) is 1. The second-order valence-corrected chi connectivity index (χ2v) is 5.90. The number of ether oxygens (including phenoxy) is 1. The van der Waals surface area contributed by atoms with Crippen LogP contribution < -0.4 is 11.4 Å². The Morgan fingerprint density at radius 3 is 2.33 bits per heavy atom. The summed E-state index contributed by atoms with van der Waals surface area (Å²) < 4.78 is 7.34. The molecule has 0 aliphatic rings. The molecule has 1 aromatic heterocycles. The molecule has 2 aromatic carbocycles. The highest BCUT2D eigenvalue weighted by Crippen LogP contribution is 2.11. The fourth-order valence-electron chi connectivity index (χ4n) is 2.61. The van der Waals surface area contributed by atoms with Gasteiger partial charge in [-0.1, -0.05) is 12.1 Å². The van der Waals surface area contributed by atoms with Crippen LogP contribution in [-0.4, -0.2) is 33.3 Å². The second kappa shape index (κ2) is 7.69. The molecule has 0 unspecified atom stereocenters. The molecule has 0 aliphatic carbocycles. The molecule has 3 N–H and O–H groups in total. The Morgan fingerprint density at radius 1 is 1.11 bits per heavy atom. The first-order valence-electron chi connectivity index (χ1n) is 8.27. The van der Waals surface area contributed by atoms with E-state index in [1.807, 2.05) is 12.1 Å². The second-order valence-electron chi connectivity index (χ2n) is 5.90. The Hall–Kier alpha value is -3.68. The molecule has 0 atom stereocenters. The number of benzene rings is 2.